The largest absolute Gasteiger partial charge is 0.481 e. The zero-order valence-electron chi connectivity index (χ0n) is 17.9. The highest BCUT2D eigenvalue weighted by Gasteiger charge is 2.30. The summed E-state index contributed by atoms with van der Waals surface area (Å²) < 4.78 is 6.13. The Morgan fingerprint density at radius 1 is 1.00 bits per heavy atom. The molecule has 1 aliphatic carbocycles. The number of hydrogen-bond donors (Lipinski definition) is 3. The molecule has 4 rings (SSSR count). The number of halogens is 1. The maximum Gasteiger partial charge on any atom is 0.407 e. The molecule has 1 unspecified atom stereocenters. The zero-order valence-corrected chi connectivity index (χ0v) is 20.1. The fourth-order valence-electron chi connectivity index (χ4n) is 3.91. The molecule has 0 spiro atoms. The first kappa shape index (κ1) is 23.6. The Morgan fingerprint density at radius 2 is 1.65 bits per heavy atom. The van der Waals surface area contributed by atoms with Gasteiger partial charge in [-0.2, -0.15) is 0 Å². The number of alkyl carbamates (subject to hydrolysis) is 1. The third-order valence-electron chi connectivity index (χ3n) is 5.47. The molecule has 174 valence electrons. The van der Waals surface area contributed by atoms with Crippen LogP contribution in [-0.2, 0) is 14.3 Å². The van der Waals surface area contributed by atoms with Crippen molar-refractivity contribution in [3.8, 4) is 11.1 Å². The van der Waals surface area contributed by atoms with Crippen molar-refractivity contribution in [1.82, 2.24) is 15.3 Å². The topological polar surface area (TPSA) is 131 Å². The minimum absolute atomic E-state index is 0.0791. The molecule has 34 heavy (non-hydrogen) atoms. The van der Waals surface area contributed by atoms with Crippen LogP contribution in [0.25, 0.3) is 11.1 Å². The predicted octanol–water partition coefficient (Wildman–Crippen LogP) is 3.79. The first-order valence-corrected chi connectivity index (χ1v) is 11.6. The van der Waals surface area contributed by atoms with Crippen molar-refractivity contribution < 1.29 is 24.2 Å². The SMILES string of the molecule is O=C(O)CCC(NC(=O)OCC1c2ccccc2-c2ccccc21)C(=O)Nc1cnc(I)cn1. The van der Waals surface area contributed by atoms with Crippen molar-refractivity contribution in [2.45, 2.75) is 24.8 Å². The number of hydrogen-bond acceptors (Lipinski definition) is 6. The second-order valence-electron chi connectivity index (χ2n) is 7.67. The first-order chi connectivity index (χ1) is 16.4. The number of rotatable bonds is 8. The van der Waals surface area contributed by atoms with E-state index in [-0.39, 0.29) is 31.2 Å². The molecule has 0 aliphatic heterocycles. The number of amides is 2. The first-order valence-electron chi connectivity index (χ1n) is 10.5. The van der Waals surface area contributed by atoms with Gasteiger partial charge in [0.2, 0.25) is 5.91 Å². The minimum atomic E-state index is -1.12. The lowest BCUT2D eigenvalue weighted by molar-refractivity contribution is -0.137. The van der Waals surface area contributed by atoms with Gasteiger partial charge in [0.1, 0.15) is 16.3 Å². The van der Waals surface area contributed by atoms with E-state index in [1.165, 1.54) is 12.4 Å². The summed E-state index contributed by atoms with van der Waals surface area (Å²) in [5.41, 5.74) is 4.33. The molecule has 3 aromatic rings. The van der Waals surface area contributed by atoms with E-state index in [0.717, 1.165) is 22.3 Å². The van der Waals surface area contributed by atoms with Crippen molar-refractivity contribution in [3.05, 3.63) is 75.8 Å². The highest BCUT2D eigenvalue weighted by Crippen LogP contribution is 2.44. The number of benzene rings is 2. The van der Waals surface area contributed by atoms with Crippen LogP contribution < -0.4 is 10.6 Å². The molecule has 10 heteroatoms. The van der Waals surface area contributed by atoms with Gasteiger partial charge in [-0.05, 0) is 51.3 Å². The lowest BCUT2D eigenvalue weighted by Gasteiger charge is -2.19. The number of carboxylic acid groups (broad SMARTS) is 1. The predicted molar refractivity (Wildman–Crippen MR) is 132 cm³/mol. The van der Waals surface area contributed by atoms with E-state index >= 15 is 0 Å². The lowest BCUT2D eigenvalue weighted by atomic mass is 9.98. The van der Waals surface area contributed by atoms with Crippen LogP contribution in [-0.4, -0.2) is 45.7 Å². The average molecular weight is 572 g/mol. The van der Waals surface area contributed by atoms with Gasteiger partial charge in [0.15, 0.2) is 5.82 Å². The highest BCUT2D eigenvalue weighted by atomic mass is 127. The second-order valence-corrected chi connectivity index (χ2v) is 8.77. The van der Waals surface area contributed by atoms with Crippen molar-refractivity contribution in [2.75, 3.05) is 11.9 Å². The number of aromatic nitrogens is 2. The molecule has 1 aliphatic rings. The van der Waals surface area contributed by atoms with E-state index in [2.05, 4.69) is 20.6 Å². The zero-order chi connectivity index (χ0) is 24.1. The van der Waals surface area contributed by atoms with E-state index in [1.807, 2.05) is 71.1 Å². The maximum atomic E-state index is 12.7. The summed E-state index contributed by atoms with van der Waals surface area (Å²) in [4.78, 5) is 44.4. The molecule has 1 aromatic heterocycles. The van der Waals surface area contributed by atoms with Crippen LogP contribution in [0.1, 0.15) is 29.9 Å². The standard InChI is InChI=1S/C24H21IN4O5/c25-20-11-27-21(12-26-20)29-23(32)19(9-10-22(30)31)28-24(33)34-13-18-16-7-3-1-5-14(16)15-6-2-4-8-17(15)18/h1-8,11-12,18-19H,9-10,13H2,(H,28,33)(H,30,31)(H,27,29,32). The Labute approximate surface area is 209 Å². The summed E-state index contributed by atoms with van der Waals surface area (Å²) in [6, 6.07) is 14.8. The molecular weight excluding hydrogens is 551 g/mol. The number of anilines is 1. The summed E-state index contributed by atoms with van der Waals surface area (Å²) in [6.07, 6.45) is 1.63. The normalized spacial score (nSPS) is 12.9. The summed E-state index contributed by atoms with van der Waals surface area (Å²) >= 11 is 1.98. The summed E-state index contributed by atoms with van der Waals surface area (Å²) in [7, 11) is 0. The number of aliphatic carboxylic acids is 1. The Bertz CT molecular complexity index is 1170. The van der Waals surface area contributed by atoms with E-state index in [1.54, 1.807) is 0 Å². The smallest absolute Gasteiger partial charge is 0.407 e. The van der Waals surface area contributed by atoms with Crippen LogP contribution in [0.15, 0.2) is 60.9 Å². The van der Waals surface area contributed by atoms with E-state index in [9.17, 15) is 14.4 Å². The summed E-state index contributed by atoms with van der Waals surface area (Å²) in [5, 5.41) is 14.1. The number of carboxylic acids is 1. The van der Waals surface area contributed by atoms with E-state index in [0.29, 0.717) is 3.70 Å². The molecular formula is C24H21IN4O5. The lowest BCUT2D eigenvalue weighted by Crippen LogP contribution is -2.44. The van der Waals surface area contributed by atoms with Crippen molar-refractivity contribution in [3.63, 3.8) is 0 Å². The number of ether oxygens (including phenoxy) is 1. The van der Waals surface area contributed by atoms with Crippen molar-refractivity contribution in [1.29, 1.82) is 0 Å². The van der Waals surface area contributed by atoms with Crippen molar-refractivity contribution >= 4 is 46.4 Å². The van der Waals surface area contributed by atoms with Gasteiger partial charge >= 0.3 is 12.1 Å². The molecule has 9 nitrogen and oxygen atoms in total. The Balaban J connectivity index is 1.42. The number of nitrogens with zero attached hydrogens (tertiary/aromatic N) is 2. The van der Waals surface area contributed by atoms with Crippen molar-refractivity contribution in [2.24, 2.45) is 0 Å². The Morgan fingerprint density at radius 3 is 2.24 bits per heavy atom. The van der Waals surface area contributed by atoms with Gasteiger partial charge in [0.05, 0.1) is 12.4 Å². The monoisotopic (exact) mass is 572 g/mol. The summed E-state index contributed by atoms with van der Waals surface area (Å²) in [5.74, 6) is -1.63. The molecule has 0 saturated carbocycles. The molecule has 3 N–H and O–H groups in total. The van der Waals surface area contributed by atoms with Crippen LogP contribution >= 0.6 is 22.6 Å². The van der Waals surface area contributed by atoms with Crippen LogP contribution in [0.2, 0.25) is 0 Å². The molecule has 2 amide bonds. The Kier molecular flexibility index (Phi) is 7.36. The van der Waals surface area contributed by atoms with Gasteiger partial charge in [-0.15, -0.1) is 0 Å². The number of carbonyl (C=O) groups is 3. The van der Waals surface area contributed by atoms with Crippen LogP contribution in [0, 0.1) is 3.70 Å². The molecule has 2 aromatic carbocycles. The fourth-order valence-corrected chi connectivity index (χ4v) is 4.19. The molecule has 0 radical (unpaired) electrons. The van der Waals surface area contributed by atoms with Gasteiger partial charge in [0.25, 0.3) is 0 Å². The molecule has 0 saturated heterocycles. The quantitative estimate of drug-likeness (QED) is 0.350. The van der Waals surface area contributed by atoms with Gasteiger partial charge in [0, 0.05) is 12.3 Å². The number of carbonyl (C=O) groups excluding carboxylic acids is 2. The minimum Gasteiger partial charge on any atom is -0.481 e. The summed E-state index contributed by atoms with van der Waals surface area (Å²) in [6.45, 7) is 0.0791. The third-order valence-corrected chi connectivity index (χ3v) is 6.03. The molecule has 0 fully saturated rings. The van der Waals surface area contributed by atoms with E-state index < -0.39 is 24.0 Å². The maximum absolute atomic E-state index is 12.7. The number of nitrogens with one attached hydrogen (secondary N) is 2. The van der Waals surface area contributed by atoms with Gasteiger partial charge in [-0.25, -0.2) is 14.8 Å². The number of fused-ring (bicyclic) bond motifs is 3. The van der Waals surface area contributed by atoms with E-state index in [4.69, 9.17) is 9.84 Å². The van der Waals surface area contributed by atoms with Gasteiger partial charge < -0.3 is 20.5 Å². The molecule has 0 bridgehead atoms. The third kappa shape index (κ3) is 5.50. The molecule has 1 atom stereocenters. The fraction of sp³-hybridized carbons (Fsp3) is 0.208. The van der Waals surface area contributed by atoms with Crippen LogP contribution in [0.5, 0.6) is 0 Å². The second kappa shape index (κ2) is 10.6. The highest BCUT2D eigenvalue weighted by molar-refractivity contribution is 14.1. The molecule has 1 heterocycles. The van der Waals surface area contributed by atoms with Crippen LogP contribution in [0.3, 0.4) is 0 Å². The van der Waals surface area contributed by atoms with Gasteiger partial charge in [-0.3, -0.25) is 9.59 Å². The van der Waals surface area contributed by atoms with Crippen LogP contribution in [0.4, 0.5) is 10.6 Å². The van der Waals surface area contributed by atoms with Gasteiger partial charge in [-0.1, -0.05) is 48.5 Å². The Hall–Kier alpha value is -3.54. The average Bonchev–Trinajstić information content (AvgIpc) is 3.15.